The van der Waals surface area contributed by atoms with E-state index in [1.54, 1.807) is 0 Å². The van der Waals surface area contributed by atoms with Crippen molar-refractivity contribution < 1.29 is 4.42 Å². The molecule has 0 aliphatic carbocycles. The molecule has 0 aliphatic rings. The van der Waals surface area contributed by atoms with E-state index >= 15 is 0 Å². The Morgan fingerprint density at radius 1 is 0.517 bits per heavy atom. The van der Waals surface area contributed by atoms with Crippen molar-refractivity contribution in [3.05, 3.63) is 103 Å². The summed E-state index contributed by atoms with van der Waals surface area (Å²) in [5.41, 5.74) is 7.33. The SMILES string of the molecule is c1ccc(-c2ccc(-c3ccc4oc5nc6ccccc6cc5c4c3)cc2)cc1. The maximum atomic E-state index is 6.02. The average Bonchev–Trinajstić information content (AvgIpc) is 3.15. The fourth-order valence-electron chi connectivity index (χ4n) is 3.97. The van der Waals surface area contributed by atoms with Gasteiger partial charge in [0.1, 0.15) is 5.58 Å². The van der Waals surface area contributed by atoms with Crippen molar-refractivity contribution in [3.8, 4) is 22.3 Å². The molecule has 29 heavy (non-hydrogen) atoms. The molecule has 6 rings (SSSR count). The van der Waals surface area contributed by atoms with Gasteiger partial charge in [0.25, 0.3) is 0 Å². The van der Waals surface area contributed by atoms with E-state index in [-0.39, 0.29) is 0 Å². The lowest BCUT2D eigenvalue weighted by Crippen LogP contribution is -1.81. The molecular formula is C27H17NO. The Labute approximate surface area is 168 Å². The van der Waals surface area contributed by atoms with Crippen LogP contribution in [0.3, 0.4) is 0 Å². The highest BCUT2D eigenvalue weighted by molar-refractivity contribution is 6.08. The number of rotatable bonds is 2. The Morgan fingerprint density at radius 3 is 2.00 bits per heavy atom. The van der Waals surface area contributed by atoms with Crippen molar-refractivity contribution in [1.82, 2.24) is 4.98 Å². The van der Waals surface area contributed by atoms with Crippen molar-refractivity contribution in [3.63, 3.8) is 0 Å². The van der Waals surface area contributed by atoms with Gasteiger partial charge in [0.15, 0.2) is 0 Å². The van der Waals surface area contributed by atoms with Gasteiger partial charge in [-0.25, -0.2) is 4.98 Å². The van der Waals surface area contributed by atoms with Gasteiger partial charge in [-0.3, -0.25) is 0 Å². The van der Waals surface area contributed by atoms with E-state index in [4.69, 9.17) is 9.40 Å². The molecule has 136 valence electrons. The molecule has 0 atom stereocenters. The molecule has 2 heterocycles. The summed E-state index contributed by atoms with van der Waals surface area (Å²) < 4.78 is 6.02. The zero-order valence-electron chi connectivity index (χ0n) is 15.7. The van der Waals surface area contributed by atoms with Gasteiger partial charge in [0.05, 0.1) is 5.52 Å². The molecule has 0 saturated carbocycles. The lowest BCUT2D eigenvalue weighted by molar-refractivity contribution is 0.656. The second-order valence-corrected chi connectivity index (χ2v) is 7.29. The highest BCUT2D eigenvalue weighted by atomic mass is 16.3. The summed E-state index contributed by atoms with van der Waals surface area (Å²) in [5.74, 6) is 0. The maximum absolute atomic E-state index is 6.02. The number of benzene rings is 4. The van der Waals surface area contributed by atoms with E-state index in [0.29, 0.717) is 5.71 Å². The molecule has 4 aromatic carbocycles. The predicted molar refractivity (Wildman–Crippen MR) is 120 cm³/mol. The summed E-state index contributed by atoms with van der Waals surface area (Å²) >= 11 is 0. The van der Waals surface area contributed by atoms with Crippen molar-refractivity contribution in [2.45, 2.75) is 0 Å². The van der Waals surface area contributed by atoms with Crippen LogP contribution in [0, 0.1) is 0 Å². The minimum atomic E-state index is 0.690. The van der Waals surface area contributed by atoms with Gasteiger partial charge in [0, 0.05) is 16.2 Å². The molecule has 0 amide bonds. The van der Waals surface area contributed by atoms with Crippen LogP contribution in [0.5, 0.6) is 0 Å². The molecule has 2 aromatic heterocycles. The van der Waals surface area contributed by atoms with Crippen molar-refractivity contribution in [2.24, 2.45) is 0 Å². The van der Waals surface area contributed by atoms with Crippen LogP contribution in [-0.2, 0) is 0 Å². The normalized spacial score (nSPS) is 11.4. The topological polar surface area (TPSA) is 26.0 Å². The van der Waals surface area contributed by atoms with Crippen LogP contribution in [0.1, 0.15) is 0 Å². The molecular weight excluding hydrogens is 354 g/mol. The van der Waals surface area contributed by atoms with E-state index in [1.165, 1.54) is 22.3 Å². The van der Waals surface area contributed by atoms with Crippen LogP contribution in [0.2, 0.25) is 0 Å². The van der Waals surface area contributed by atoms with Crippen LogP contribution < -0.4 is 0 Å². The summed E-state index contributed by atoms with van der Waals surface area (Å²) in [7, 11) is 0. The van der Waals surface area contributed by atoms with Gasteiger partial charge in [-0.05, 0) is 46.5 Å². The van der Waals surface area contributed by atoms with E-state index in [0.717, 1.165) is 27.3 Å². The third-order valence-corrected chi connectivity index (χ3v) is 5.49. The van der Waals surface area contributed by atoms with Gasteiger partial charge >= 0.3 is 0 Å². The monoisotopic (exact) mass is 371 g/mol. The first-order valence-electron chi connectivity index (χ1n) is 9.73. The zero-order chi connectivity index (χ0) is 19.2. The molecule has 6 aromatic rings. The predicted octanol–water partition coefficient (Wildman–Crippen LogP) is 7.47. The van der Waals surface area contributed by atoms with E-state index < -0.39 is 0 Å². The fourth-order valence-corrected chi connectivity index (χ4v) is 3.97. The van der Waals surface area contributed by atoms with Crippen molar-refractivity contribution in [1.29, 1.82) is 0 Å². The van der Waals surface area contributed by atoms with E-state index in [9.17, 15) is 0 Å². The first kappa shape index (κ1) is 16.1. The van der Waals surface area contributed by atoms with Crippen LogP contribution in [0.4, 0.5) is 0 Å². The number of aromatic nitrogens is 1. The third-order valence-electron chi connectivity index (χ3n) is 5.49. The quantitative estimate of drug-likeness (QED) is 0.315. The Bertz CT molecular complexity index is 1480. The Balaban J connectivity index is 1.48. The zero-order valence-corrected chi connectivity index (χ0v) is 15.7. The standard InChI is InChI=1S/C27H17NO/c1-2-6-18(7-3-1)19-10-12-20(13-11-19)21-14-15-26-23(16-21)24-17-22-8-4-5-9-25(22)28-27(24)29-26/h1-17H. The lowest BCUT2D eigenvalue weighted by atomic mass is 9.99. The first-order chi connectivity index (χ1) is 14.3. The van der Waals surface area contributed by atoms with Crippen LogP contribution in [0.25, 0.3) is 55.2 Å². The van der Waals surface area contributed by atoms with Crippen LogP contribution >= 0.6 is 0 Å². The number of para-hydroxylation sites is 1. The number of furan rings is 1. The number of fused-ring (bicyclic) bond motifs is 4. The van der Waals surface area contributed by atoms with Crippen LogP contribution in [0.15, 0.2) is 108 Å². The van der Waals surface area contributed by atoms with Crippen LogP contribution in [-0.4, -0.2) is 4.98 Å². The Kier molecular flexibility index (Phi) is 3.50. The minimum Gasteiger partial charge on any atom is -0.438 e. The van der Waals surface area contributed by atoms with Gasteiger partial charge in [-0.15, -0.1) is 0 Å². The van der Waals surface area contributed by atoms with Crippen molar-refractivity contribution in [2.75, 3.05) is 0 Å². The minimum absolute atomic E-state index is 0.690. The summed E-state index contributed by atoms with van der Waals surface area (Å²) in [6, 6.07) is 35.8. The largest absolute Gasteiger partial charge is 0.438 e. The molecule has 0 spiro atoms. The Morgan fingerprint density at radius 2 is 1.17 bits per heavy atom. The third kappa shape index (κ3) is 2.69. The molecule has 2 heteroatoms. The summed E-state index contributed by atoms with van der Waals surface area (Å²) in [6.45, 7) is 0. The lowest BCUT2D eigenvalue weighted by Gasteiger charge is -2.05. The molecule has 0 unspecified atom stereocenters. The molecule has 0 aliphatic heterocycles. The number of hydrogen-bond donors (Lipinski definition) is 0. The summed E-state index contributed by atoms with van der Waals surface area (Å²) in [5, 5.41) is 3.28. The molecule has 0 fully saturated rings. The molecule has 0 bridgehead atoms. The summed E-state index contributed by atoms with van der Waals surface area (Å²) in [4.78, 5) is 4.70. The smallest absolute Gasteiger partial charge is 0.227 e. The van der Waals surface area contributed by atoms with Gasteiger partial charge in [-0.1, -0.05) is 78.9 Å². The van der Waals surface area contributed by atoms with Gasteiger partial charge in [-0.2, -0.15) is 0 Å². The fraction of sp³-hybridized carbons (Fsp3) is 0. The maximum Gasteiger partial charge on any atom is 0.227 e. The molecule has 0 radical (unpaired) electrons. The highest BCUT2D eigenvalue weighted by Crippen LogP contribution is 2.34. The second kappa shape index (κ2) is 6.32. The van der Waals surface area contributed by atoms with Crippen molar-refractivity contribution >= 4 is 33.0 Å². The first-order valence-corrected chi connectivity index (χ1v) is 9.73. The molecule has 2 nitrogen and oxygen atoms in total. The van der Waals surface area contributed by atoms with E-state index in [1.807, 2.05) is 30.3 Å². The number of pyridine rings is 1. The highest BCUT2D eigenvalue weighted by Gasteiger charge is 2.11. The molecule has 0 N–H and O–H groups in total. The number of nitrogens with zero attached hydrogens (tertiary/aromatic N) is 1. The second-order valence-electron chi connectivity index (χ2n) is 7.29. The number of hydrogen-bond acceptors (Lipinski definition) is 2. The van der Waals surface area contributed by atoms with Gasteiger partial charge < -0.3 is 4.42 Å². The average molecular weight is 371 g/mol. The molecule has 0 saturated heterocycles. The van der Waals surface area contributed by atoms with E-state index in [2.05, 4.69) is 72.8 Å². The Hall–Kier alpha value is -3.91. The summed E-state index contributed by atoms with van der Waals surface area (Å²) in [6.07, 6.45) is 0. The van der Waals surface area contributed by atoms with Gasteiger partial charge in [0.2, 0.25) is 5.71 Å².